The third-order valence-electron chi connectivity index (χ3n) is 24.7. The molecule has 726 valence electrons. The van der Waals surface area contributed by atoms with E-state index in [9.17, 15) is 61.3 Å². The van der Waals surface area contributed by atoms with Crippen LogP contribution in [0.3, 0.4) is 0 Å². The molecule has 1 saturated heterocycles. The second kappa shape index (κ2) is 46.4. The molecule has 140 heavy (non-hydrogen) atoms. The number of carboxylic acids is 2. The lowest BCUT2D eigenvalue weighted by Crippen LogP contribution is -2.33. The molecule has 3 unspecified atom stereocenters. The van der Waals surface area contributed by atoms with Gasteiger partial charge in [-0.2, -0.15) is 5.26 Å². The summed E-state index contributed by atoms with van der Waals surface area (Å²) >= 11 is 1.17. The van der Waals surface area contributed by atoms with Crippen LogP contribution in [0.1, 0.15) is 173 Å². The Morgan fingerprint density at radius 1 is 0.593 bits per heavy atom. The first-order valence-electron chi connectivity index (χ1n) is 46.3. The molecule has 2 aliphatic carbocycles. The minimum absolute atomic E-state index is 0.0300. The molecule has 1 amide bonds. The van der Waals surface area contributed by atoms with Crippen molar-refractivity contribution in [3.05, 3.63) is 328 Å². The smallest absolute Gasteiger partial charge is 0.337 e. The summed E-state index contributed by atoms with van der Waals surface area (Å²) in [6.07, 6.45) is 10.4. The van der Waals surface area contributed by atoms with Crippen molar-refractivity contribution in [2.24, 2.45) is 5.92 Å². The van der Waals surface area contributed by atoms with E-state index in [0.717, 1.165) is 141 Å². The Bertz CT molecular complexity index is 7040. The predicted molar refractivity (Wildman–Crippen MR) is 538 cm³/mol. The zero-order chi connectivity index (χ0) is 100. The number of methoxy groups -OCH3 is 4. The first-order chi connectivity index (χ1) is 67.2. The molecule has 2 aromatic heterocycles. The number of hydrogen-bond acceptors (Lipinski definition) is 24. The minimum atomic E-state index is -3.36. The first kappa shape index (κ1) is 103. The molecule has 4 N–H and O–H groups in total. The van der Waals surface area contributed by atoms with Gasteiger partial charge in [-0.1, -0.05) is 139 Å². The number of nitro benzene ring substituents is 1. The van der Waals surface area contributed by atoms with Gasteiger partial charge in [-0.05, 0) is 271 Å². The van der Waals surface area contributed by atoms with Gasteiger partial charge in [-0.3, -0.25) is 19.7 Å². The Kier molecular flexibility index (Phi) is 34.1. The fourth-order valence-electron chi connectivity index (χ4n) is 18.2. The number of aromatic carboxylic acids is 1. The van der Waals surface area contributed by atoms with Crippen LogP contribution in [0.4, 0.5) is 17.2 Å². The number of sulfone groups is 2. The Morgan fingerprint density at radius 2 is 1.16 bits per heavy atom. The SMILES string of the molecule is CCc1cc(C)cc2c1S(=O)(=O)c1ccccc1C2.COCCOC(=O)C1=C(C)NC(C)=C(C(=O)OC(C)C)C1c1cccc([N+](=O)[O-])c1.COc1ccc(-c2nc3ccc(C(=O)O)cc3nc2-c2ccc(OC)cc2)cc1.COc1ccc(C)cc1NC(=O)C1CC1c1ccccc1.Cc1cc(C)c2c(c1)Cc1ccccc1S2(=O)=O.N#Cc1c(SCC(=O)O)nc(N2CCCCC2)c2c1CCCC2. The molecule has 0 bridgehead atoms. The molecule has 27 nitrogen and oxygen atoms in total. The number of allylic oxidation sites excluding steroid dienone is 2. The molecule has 0 spiro atoms. The van der Waals surface area contributed by atoms with Gasteiger partial charge in [0.05, 0.1) is 121 Å². The van der Waals surface area contributed by atoms with Crippen LogP contribution in [0.5, 0.6) is 17.2 Å². The molecular formula is C110H114N8O19S3. The summed E-state index contributed by atoms with van der Waals surface area (Å²) in [5, 5.41) is 45.7. The number of carbonyl (C=O) groups excluding carboxylic acids is 3. The Hall–Kier alpha value is -14.4. The van der Waals surface area contributed by atoms with E-state index in [1.165, 1.54) is 79.6 Å². The topological polar surface area (TPSA) is 382 Å². The largest absolute Gasteiger partial charge is 0.497 e. The van der Waals surface area contributed by atoms with Gasteiger partial charge in [0.25, 0.3) is 5.69 Å². The third-order valence-corrected chi connectivity index (χ3v) is 29.8. The van der Waals surface area contributed by atoms with E-state index in [4.69, 9.17) is 48.5 Å². The van der Waals surface area contributed by atoms with Gasteiger partial charge in [0.15, 0.2) is 0 Å². The number of nitrogens with zero attached hydrogens (tertiary/aromatic N) is 6. The Labute approximate surface area is 820 Å². The highest BCUT2D eigenvalue weighted by Crippen LogP contribution is 2.49. The number of esters is 2. The van der Waals surface area contributed by atoms with Gasteiger partial charge in [-0.15, -0.1) is 0 Å². The number of aliphatic carboxylic acids is 1. The summed E-state index contributed by atoms with van der Waals surface area (Å²) in [7, 11) is -0.379. The number of amides is 1. The molecule has 4 aliphatic heterocycles. The standard InChI is InChI=1S/C23H18N2O4.C21H26N2O7.C18H19NO2.C17H21N3O2S.C16H16O2S.C15H14O2S/c1-28-17-8-3-14(4-9-17)21-22(15-5-10-18(29-2)11-6-15)25-20-13-16(23(26)27)7-12-19(20)24-21;1-12(2)30-21(25)18-14(4)22-13(3)17(20(24)29-10-9-28-5)19(18)15-7-6-8-16(11-15)23(26)27;1-12-8-9-17(21-2)16(10-12)19-18(20)15-11-14(15)13-6-4-3-5-7-13;18-10-14-12-6-2-3-7-13(12)16(20-8-4-1-5-9-20)19-17(14)23-11-15(21)22;1-3-12-8-11(2)9-14-10-13-6-4-5-7-15(13)19(17,18)16(12)14;1-10-7-11(2)15-13(8-10)9-12-5-3-4-6-14(12)18(15,16)17/h3-13H,1-2H3,(H,26,27);6-8,11-12,19,22H,9-10H2,1-5H3;3-10,14-15H,11H2,1-2H3,(H,19,20);1-9,11H2,(H,21,22);4-9H,3,10H2,1-2H3;3-8H,9H2,1-2H3. The van der Waals surface area contributed by atoms with Crippen LogP contribution in [-0.4, -0.2) is 143 Å². The number of aryl methyl sites for hydroxylation is 5. The molecule has 6 heterocycles. The fourth-order valence-corrected chi connectivity index (χ4v) is 22.9. The molecular weight excluding hydrogens is 1830 g/mol. The van der Waals surface area contributed by atoms with Crippen molar-refractivity contribution in [3.63, 3.8) is 0 Å². The lowest BCUT2D eigenvalue weighted by Gasteiger charge is -2.32. The molecule has 12 aromatic rings. The van der Waals surface area contributed by atoms with Crippen LogP contribution >= 0.6 is 11.8 Å². The number of carboxylic acid groups (broad SMARTS) is 2. The average Bonchev–Trinajstić information content (AvgIpc) is 1.15. The number of dihydropyridines is 1. The van der Waals surface area contributed by atoms with Crippen LogP contribution in [0, 0.1) is 55.1 Å². The van der Waals surface area contributed by atoms with Gasteiger partial charge in [0, 0.05) is 73.6 Å². The Morgan fingerprint density at radius 3 is 1.74 bits per heavy atom. The number of nitriles is 1. The number of pyridine rings is 1. The number of non-ortho nitro benzene ring substituents is 1. The second-order valence-corrected chi connectivity index (χ2v) is 39.7. The maximum absolute atomic E-state index is 12.9. The second-order valence-electron chi connectivity index (χ2n) is 35.0. The molecule has 18 rings (SSSR count). The van der Waals surface area contributed by atoms with Crippen molar-refractivity contribution in [1.82, 2.24) is 20.3 Å². The van der Waals surface area contributed by atoms with E-state index < -0.39 is 54.4 Å². The van der Waals surface area contributed by atoms with Crippen molar-refractivity contribution in [2.45, 2.75) is 175 Å². The van der Waals surface area contributed by atoms with E-state index in [1.807, 2.05) is 168 Å². The number of benzene rings is 10. The van der Waals surface area contributed by atoms with Gasteiger partial charge in [0.2, 0.25) is 25.6 Å². The van der Waals surface area contributed by atoms with E-state index in [0.29, 0.717) is 94.1 Å². The molecule has 0 radical (unpaired) electrons. The number of fused-ring (bicyclic) bond motifs is 6. The monoisotopic (exact) mass is 1950 g/mol. The Balaban J connectivity index is 0.000000143. The van der Waals surface area contributed by atoms with Gasteiger partial charge < -0.3 is 54.2 Å². The summed E-state index contributed by atoms with van der Waals surface area (Å²) in [6.45, 7) is 19.0. The highest BCUT2D eigenvalue weighted by Gasteiger charge is 2.45. The molecule has 3 atom stereocenters. The molecule has 10 aromatic carbocycles. The molecule has 6 aliphatic rings. The number of rotatable bonds is 22. The number of aromatic nitrogens is 3. The summed E-state index contributed by atoms with van der Waals surface area (Å²) in [5.74, 6) is -0.382. The van der Waals surface area contributed by atoms with Crippen LogP contribution in [0.2, 0.25) is 0 Å². The van der Waals surface area contributed by atoms with Crippen molar-refractivity contribution in [3.8, 4) is 45.8 Å². The number of hydrogen-bond donors (Lipinski definition) is 4. The molecule has 1 saturated carbocycles. The van der Waals surface area contributed by atoms with Gasteiger partial charge in [0.1, 0.15) is 40.8 Å². The van der Waals surface area contributed by atoms with Crippen molar-refractivity contribution >= 4 is 89.4 Å². The zero-order valence-electron chi connectivity index (χ0n) is 80.6. The van der Waals surface area contributed by atoms with Gasteiger partial charge in [-0.25, -0.2) is 46.2 Å². The minimum Gasteiger partial charge on any atom is -0.497 e. The number of anilines is 2. The lowest BCUT2D eigenvalue weighted by atomic mass is 9.80. The van der Waals surface area contributed by atoms with E-state index in [-0.39, 0.29) is 59.3 Å². The van der Waals surface area contributed by atoms with Crippen molar-refractivity contribution < 1.29 is 84.4 Å². The summed E-state index contributed by atoms with van der Waals surface area (Å²) < 4.78 is 82.2. The van der Waals surface area contributed by atoms with Crippen LogP contribution in [0.25, 0.3) is 33.5 Å². The van der Waals surface area contributed by atoms with Crippen LogP contribution < -0.4 is 29.7 Å². The highest BCUT2D eigenvalue weighted by molar-refractivity contribution is 8.00. The highest BCUT2D eigenvalue weighted by atomic mass is 32.2. The maximum atomic E-state index is 12.9. The van der Waals surface area contributed by atoms with Gasteiger partial charge >= 0.3 is 23.9 Å². The predicted octanol–water partition coefficient (Wildman–Crippen LogP) is 20.7. The van der Waals surface area contributed by atoms with E-state index in [1.54, 1.807) is 85.4 Å². The number of ether oxygens (including phenoxy) is 6. The van der Waals surface area contributed by atoms with Crippen molar-refractivity contribution in [2.75, 3.05) is 70.7 Å². The van der Waals surface area contributed by atoms with Crippen LogP contribution in [0.15, 0.2) is 259 Å². The number of nitrogens with one attached hydrogen (secondary N) is 2. The normalized spacial score (nSPS) is 15.8. The number of carbonyl (C=O) groups is 5. The number of thioether (sulfide) groups is 1. The lowest BCUT2D eigenvalue weighted by molar-refractivity contribution is -0.384. The average molecular weight is 1950 g/mol. The van der Waals surface area contributed by atoms with E-state index >= 15 is 0 Å². The van der Waals surface area contributed by atoms with Crippen molar-refractivity contribution in [1.29, 1.82) is 5.26 Å². The first-order valence-corrected chi connectivity index (χ1v) is 50.2. The van der Waals surface area contributed by atoms with E-state index in [2.05, 4.69) is 33.7 Å². The number of nitro groups is 1. The summed E-state index contributed by atoms with van der Waals surface area (Å²) in [5.41, 5.74) is 19.8. The quantitative estimate of drug-likeness (QED) is 0.0161. The zero-order valence-corrected chi connectivity index (χ0v) is 83.0. The number of piperidine rings is 1. The summed E-state index contributed by atoms with van der Waals surface area (Å²) in [4.78, 5) is 89.8. The third kappa shape index (κ3) is 24.3. The molecule has 2 fully saturated rings. The fraction of sp³-hybridized carbons (Fsp3) is 0.300. The van der Waals surface area contributed by atoms with Crippen LogP contribution in [-0.2, 0) is 85.2 Å². The summed E-state index contributed by atoms with van der Waals surface area (Å²) in [6, 6.07) is 66.5. The molecule has 30 heteroatoms. The maximum Gasteiger partial charge on any atom is 0.337 e.